The Hall–Kier alpha value is -0.600. The Morgan fingerprint density at radius 3 is 1.67 bits per heavy atom. The van der Waals surface area contributed by atoms with E-state index >= 15 is 0 Å². The van der Waals surface area contributed by atoms with Crippen LogP contribution in [0.3, 0.4) is 0 Å². The zero-order chi connectivity index (χ0) is 24.2. The lowest BCUT2D eigenvalue weighted by atomic mass is 10.0. The van der Waals surface area contributed by atoms with Gasteiger partial charge in [0.05, 0.1) is 6.61 Å². The predicted molar refractivity (Wildman–Crippen MR) is 150 cm³/mol. The Labute approximate surface area is 209 Å². The molecule has 0 rings (SSSR count). The van der Waals surface area contributed by atoms with Crippen LogP contribution in [0.25, 0.3) is 0 Å². The van der Waals surface area contributed by atoms with Crippen LogP contribution in [-0.2, 0) is 4.74 Å². The van der Waals surface area contributed by atoms with E-state index in [0.717, 1.165) is 19.6 Å². The van der Waals surface area contributed by atoms with Crippen LogP contribution in [0.1, 0.15) is 142 Å². The summed E-state index contributed by atoms with van der Waals surface area (Å²) in [5, 5.41) is 0. The molecule has 0 fully saturated rings. The topological polar surface area (TPSA) is 12.5 Å². The third-order valence-electron chi connectivity index (χ3n) is 6.67. The first-order valence-electron chi connectivity index (χ1n) is 14.8. The second-order valence-electron chi connectivity index (χ2n) is 10.2. The maximum atomic E-state index is 6.00. The lowest BCUT2D eigenvalue weighted by Gasteiger charge is -2.24. The molecule has 1 unspecified atom stereocenters. The smallest absolute Gasteiger partial charge is 0.0621 e. The molecule has 33 heavy (non-hydrogen) atoms. The number of likely N-dealkylation sites (N-methyl/N-ethyl adjacent to an activating group) is 1. The number of unbranched alkanes of at least 4 members (excludes halogenated alkanes) is 15. The summed E-state index contributed by atoms with van der Waals surface area (Å²) in [6, 6.07) is 0.586. The fourth-order valence-electron chi connectivity index (χ4n) is 4.24. The van der Waals surface area contributed by atoms with Gasteiger partial charge in [0, 0.05) is 12.6 Å². The molecule has 0 aliphatic rings. The molecule has 0 spiro atoms. The molecular weight excluding hydrogens is 402 g/mol. The summed E-state index contributed by atoms with van der Waals surface area (Å²) in [6.07, 6.45) is 36.1. The summed E-state index contributed by atoms with van der Waals surface area (Å²) < 4.78 is 6.00. The molecule has 0 aromatic carbocycles. The molecule has 0 N–H and O–H groups in total. The van der Waals surface area contributed by atoms with Crippen LogP contribution < -0.4 is 0 Å². The molecular formula is C31H61NO. The van der Waals surface area contributed by atoms with Crippen LogP contribution in [0.15, 0.2) is 24.3 Å². The van der Waals surface area contributed by atoms with Crippen LogP contribution in [0.4, 0.5) is 0 Å². The second-order valence-corrected chi connectivity index (χ2v) is 10.2. The van der Waals surface area contributed by atoms with E-state index in [1.807, 2.05) is 0 Å². The normalized spacial score (nSPS) is 13.1. The number of ether oxygens (including phenoxy) is 1. The largest absolute Gasteiger partial charge is 0.380 e. The summed E-state index contributed by atoms with van der Waals surface area (Å²) in [7, 11) is 4.41. The molecule has 0 heterocycles. The molecule has 0 amide bonds. The van der Waals surface area contributed by atoms with E-state index in [1.54, 1.807) is 0 Å². The fraction of sp³-hybridized carbons (Fsp3) is 0.871. The standard InChI is InChI=1S/C31H61NO/c1-5-7-9-11-13-14-15-16-17-18-19-20-21-22-23-24-26-28-31(32(3)4)30-33-29-27-25-12-10-8-6-2/h13-14,16-17,31H,5-12,15,18-30H2,1-4H3. The molecule has 0 aromatic heterocycles. The summed E-state index contributed by atoms with van der Waals surface area (Å²) >= 11 is 0. The first kappa shape index (κ1) is 32.4. The Kier molecular flexibility index (Phi) is 27.1. The van der Waals surface area contributed by atoms with Crippen molar-refractivity contribution in [2.45, 2.75) is 148 Å². The highest BCUT2D eigenvalue weighted by Gasteiger charge is 2.11. The molecule has 0 radical (unpaired) electrons. The molecule has 0 saturated carbocycles. The van der Waals surface area contributed by atoms with E-state index in [0.29, 0.717) is 6.04 Å². The third kappa shape index (κ3) is 25.9. The van der Waals surface area contributed by atoms with Gasteiger partial charge >= 0.3 is 0 Å². The quantitative estimate of drug-likeness (QED) is 0.0934. The van der Waals surface area contributed by atoms with Crippen molar-refractivity contribution in [3.8, 4) is 0 Å². The lowest BCUT2D eigenvalue weighted by Crippen LogP contribution is -2.32. The van der Waals surface area contributed by atoms with Gasteiger partial charge in [-0.15, -0.1) is 0 Å². The van der Waals surface area contributed by atoms with Crippen LogP contribution in [0, 0.1) is 0 Å². The molecule has 0 aliphatic carbocycles. The Balaban J connectivity index is 3.46. The van der Waals surface area contributed by atoms with Gasteiger partial charge < -0.3 is 9.64 Å². The minimum Gasteiger partial charge on any atom is -0.380 e. The van der Waals surface area contributed by atoms with E-state index < -0.39 is 0 Å². The van der Waals surface area contributed by atoms with Gasteiger partial charge in [-0.3, -0.25) is 0 Å². The van der Waals surface area contributed by atoms with Gasteiger partial charge in [0.25, 0.3) is 0 Å². The molecule has 0 saturated heterocycles. The minimum atomic E-state index is 0.586. The number of nitrogens with zero attached hydrogens (tertiary/aromatic N) is 1. The van der Waals surface area contributed by atoms with Crippen LogP contribution in [0.5, 0.6) is 0 Å². The van der Waals surface area contributed by atoms with Crippen molar-refractivity contribution in [2.75, 3.05) is 27.3 Å². The first-order valence-corrected chi connectivity index (χ1v) is 14.8. The summed E-state index contributed by atoms with van der Waals surface area (Å²) in [6.45, 7) is 6.40. The Bertz CT molecular complexity index is 415. The van der Waals surface area contributed by atoms with Crippen molar-refractivity contribution in [1.82, 2.24) is 4.90 Å². The lowest BCUT2D eigenvalue weighted by molar-refractivity contribution is 0.0721. The van der Waals surface area contributed by atoms with Gasteiger partial charge in [-0.05, 0) is 59.0 Å². The minimum absolute atomic E-state index is 0.586. The maximum absolute atomic E-state index is 6.00. The number of hydrogen-bond acceptors (Lipinski definition) is 2. The predicted octanol–water partition coefficient (Wildman–Crippen LogP) is 9.89. The zero-order valence-corrected chi connectivity index (χ0v) is 23.3. The monoisotopic (exact) mass is 463 g/mol. The summed E-state index contributed by atoms with van der Waals surface area (Å²) in [5.41, 5.74) is 0. The molecule has 196 valence electrons. The van der Waals surface area contributed by atoms with Crippen LogP contribution >= 0.6 is 0 Å². The zero-order valence-electron chi connectivity index (χ0n) is 23.3. The highest BCUT2D eigenvalue weighted by atomic mass is 16.5. The Morgan fingerprint density at radius 1 is 0.576 bits per heavy atom. The second kappa shape index (κ2) is 27.6. The average molecular weight is 464 g/mol. The van der Waals surface area contributed by atoms with Gasteiger partial charge in [0.2, 0.25) is 0 Å². The SMILES string of the molecule is CCCCCC=CCC=CCCCCCCCCCC(COCCCCCCCC)N(C)C. The molecule has 2 nitrogen and oxygen atoms in total. The highest BCUT2D eigenvalue weighted by molar-refractivity contribution is 4.92. The molecule has 2 heteroatoms. The summed E-state index contributed by atoms with van der Waals surface area (Å²) in [4.78, 5) is 2.36. The van der Waals surface area contributed by atoms with E-state index in [2.05, 4.69) is 57.1 Å². The molecule has 1 atom stereocenters. The molecule has 0 bridgehead atoms. The van der Waals surface area contributed by atoms with Crippen LogP contribution in [-0.4, -0.2) is 38.3 Å². The van der Waals surface area contributed by atoms with Crippen molar-refractivity contribution < 1.29 is 4.74 Å². The van der Waals surface area contributed by atoms with Gasteiger partial charge in [0.15, 0.2) is 0 Å². The van der Waals surface area contributed by atoms with Crippen molar-refractivity contribution in [3.63, 3.8) is 0 Å². The van der Waals surface area contributed by atoms with Crippen molar-refractivity contribution >= 4 is 0 Å². The van der Waals surface area contributed by atoms with Crippen molar-refractivity contribution in [1.29, 1.82) is 0 Å². The van der Waals surface area contributed by atoms with Gasteiger partial charge in [-0.1, -0.05) is 122 Å². The first-order chi connectivity index (χ1) is 16.2. The average Bonchev–Trinajstić information content (AvgIpc) is 2.81. The van der Waals surface area contributed by atoms with E-state index in [4.69, 9.17) is 4.74 Å². The maximum Gasteiger partial charge on any atom is 0.0621 e. The number of hydrogen-bond donors (Lipinski definition) is 0. The number of rotatable bonds is 26. The third-order valence-corrected chi connectivity index (χ3v) is 6.67. The number of allylic oxidation sites excluding steroid dienone is 4. The molecule has 0 aromatic rings. The fourth-order valence-corrected chi connectivity index (χ4v) is 4.24. The summed E-state index contributed by atoms with van der Waals surface area (Å²) in [5.74, 6) is 0. The molecule has 0 aliphatic heterocycles. The van der Waals surface area contributed by atoms with Gasteiger partial charge in [-0.2, -0.15) is 0 Å². The highest BCUT2D eigenvalue weighted by Crippen LogP contribution is 2.13. The van der Waals surface area contributed by atoms with E-state index in [-0.39, 0.29) is 0 Å². The van der Waals surface area contributed by atoms with Crippen LogP contribution in [0.2, 0.25) is 0 Å². The van der Waals surface area contributed by atoms with Crippen molar-refractivity contribution in [3.05, 3.63) is 24.3 Å². The van der Waals surface area contributed by atoms with Gasteiger partial charge in [0.1, 0.15) is 0 Å². The van der Waals surface area contributed by atoms with E-state index in [9.17, 15) is 0 Å². The van der Waals surface area contributed by atoms with Crippen molar-refractivity contribution in [2.24, 2.45) is 0 Å². The van der Waals surface area contributed by atoms with Gasteiger partial charge in [-0.25, -0.2) is 0 Å². The van der Waals surface area contributed by atoms with E-state index in [1.165, 1.54) is 122 Å². The Morgan fingerprint density at radius 2 is 1.06 bits per heavy atom.